The van der Waals surface area contributed by atoms with Crippen LogP contribution in [0.2, 0.25) is 0 Å². The third kappa shape index (κ3) is 7.08. The van der Waals surface area contributed by atoms with Crippen molar-refractivity contribution in [1.82, 2.24) is 10.3 Å². The molecule has 2 aromatic rings. The summed E-state index contributed by atoms with van der Waals surface area (Å²) in [7, 11) is 1.66. The highest BCUT2D eigenvalue weighted by Crippen LogP contribution is 2.18. The summed E-state index contributed by atoms with van der Waals surface area (Å²) in [4.78, 5) is 20.4. The quantitative estimate of drug-likeness (QED) is 0.298. The predicted molar refractivity (Wildman–Crippen MR) is 118 cm³/mol. The van der Waals surface area contributed by atoms with E-state index in [9.17, 15) is 4.79 Å². The van der Waals surface area contributed by atoms with E-state index in [0.29, 0.717) is 18.8 Å². The van der Waals surface area contributed by atoms with Crippen molar-refractivity contribution < 1.29 is 9.90 Å². The number of hydrogen-bond acceptors (Lipinski definition) is 6. The molecule has 0 aliphatic rings. The van der Waals surface area contributed by atoms with Crippen LogP contribution in [0, 0.1) is 0 Å². The monoisotopic (exact) mass is 391 g/mol. The fourth-order valence-electron chi connectivity index (χ4n) is 2.55. The van der Waals surface area contributed by atoms with Crippen molar-refractivity contribution in [2.24, 2.45) is 10.7 Å². The second-order valence-corrected chi connectivity index (χ2v) is 6.16. The molecule has 1 aromatic carbocycles. The summed E-state index contributed by atoms with van der Waals surface area (Å²) in [5.74, 6) is -0.168. The molecule has 29 heavy (non-hydrogen) atoms. The summed E-state index contributed by atoms with van der Waals surface area (Å²) in [5, 5.41) is 14.9. The lowest BCUT2D eigenvalue weighted by Gasteiger charge is -2.07. The lowest BCUT2D eigenvalue weighted by molar-refractivity contribution is -0.111. The zero-order valence-electron chi connectivity index (χ0n) is 16.3. The molecule has 0 spiro atoms. The van der Waals surface area contributed by atoms with E-state index in [4.69, 9.17) is 10.8 Å². The zero-order valence-corrected chi connectivity index (χ0v) is 16.3. The van der Waals surface area contributed by atoms with Crippen LogP contribution >= 0.6 is 0 Å². The molecule has 0 aliphatic heterocycles. The van der Waals surface area contributed by atoms with Crippen LogP contribution in [0.15, 0.2) is 72.3 Å². The fraction of sp³-hybridized carbons (Fsp3) is 0.136. The van der Waals surface area contributed by atoms with Crippen LogP contribution in [0.1, 0.15) is 16.7 Å². The summed E-state index contributed by atoms with van der Waals surface area (Å²) < 4.78 is 0. The maximum Gasteiger partial charge on any atom is 0.248 e. The number of aliphatic hydroxyl groups excluding tert-OH is 1. The summed E-state index contributed by atoms with van der Waals surface area (Å²) in [6, 6.07) is 9.25. The highest BCUT2D eigenvalue weighted by molar-refractivity contribution is 6.11. The van der Waals surface area contributed by atoms with Gasteiger partial charge in [0.05, 0.1) is 12.3 Å². The molecule has 0 unspecified atom stereocenters. The van der Waals surface area contributed by atoms with Gasteiger partial charge in [0.25, 0.3) is 0 Å². The maximum atomic E-state index is 12.3. The van der Waals surface area contributed by atoms with E-state index in [1.54, 1.807) is 31.7 Å². The number of nitrogens with two attached hydrogens (primary N) is 1. The van der Waals surface area contributed by atoms with Gasteiger partial charge in [-0.25, -0.2) is 0 Å². The van der Waals surface area contributed by atoms with Gasteiger partial charge in [-0.3, -0.25) is 14.8 Å². The van der Waals surface area contributed by atoms with Crippen molar-refractivity contribution in [1.29, 1.82) is 0 Å². The Morgan fingerprint density at radius 1 is 1.31 bits per heavy atom. The normalized spacial score (nSPS) is 11.8. The number of nitrogens with one attached hydrogen (secondary N) is 2. The minimum atomic E-state index is -0.260. The van der Waals surface area contributed by atoms with Gasteiger partial charge in [0.1, 0.15) is 0 Å². The Morgan fingerprint density at radius 2 is 2.07 bits per heavy atom. The standard InChI is InChI=1S/C22H25N5O2/c1-16(28)12-26-13-17-3-6-20(7-4-17)27-22(29)8-5-18-15-25-10-9-21(18)19(11-23)14-24-2/h3-11,14-15,26,28H,1,12-13,23H2,2H3,(H,27,29)/b8-5+,19-11?,24-14?. The first-order chi connectivity index (χ1) is 14.0. The molecule has 0 saturated heterocycles. The number of rotatable bonds is 9. The number of aliphatic imine (C=N–C) groups is 1. The zero-order chi connectivity index (χ0) is 21.1. The van der Waals surface area contributed by atoms with Crippen LogP contribution in [0.5, 0.6) is 0 Å². The van der Waals surface area contributed by atoms with Crippen molar-refractivity contribution in [3.8, 4) is 0 Å². The molecule has 0 radical (unpaired) electrons. The summed E-state index contributed by atoms with van der Waals surface area (Å²) in [6.45, 7) is 4.35. The summed E-state index contributed by atoms with van der Waals surface area (Å²) in [6.07, 6.45) is 9.57. The number of hydrogen-bond donors (Lipinski definition) is 4. The van der Waals surface area contributed by atoms with Crippen molar-refractivity contribution >= 4 is 29.5 Å². The Morgan fingerprint density at radius 3 is 2.72 bits per heavy atom. The maximum absolute atomic E-state index is 12.3. The van der Waals surface area contributed by atoms with E-state index in [1.807, 2.05) is 30.3 Å². The molecule has 0 fully saturated rings. The molecule has 7 nitrogen and oxygen atoms in total. The number of carbonyl (C=O) groups is 1. The molecule has 5 N–H and O–H groups in total. The highest BCUT2D eigenvalue weighted by Gasteiger charge is 2.05. The number of nitrogens with zero attached hydrogens (tertiary/aromatic N) is 2. The Bertz CT molecular complexity index is 930. The second-order valence-electron chi connectivity index (χ2n) is 6.16. The highest BCUT2D eigenvalue weighted by atomic mass is 16.3. The van der Waals surface area contributed by atoms with Crippen molar-refractivity contribution in [2.75, 3.05) is 18.9 Å². The molecule has 1 amide bonds. The smallest absolute Gasteiger partial charge is 0.248 e. The van der Waals surface area contributed by atoms with E-state index < -0.39 is 0 Å². The molecule has 0 aliphatic carbocycles. The van der Waals surface area contributed by atoms with Crippen molar-refractivity contribution in [3.05, 3.63) is 84.0 Å². The average Bonchev–Trinajstić information content (AvgIpc) is 2.72. The number of benzene rings is 1. The van der Waals surface area contributed by atoms with Gasteiger partial charge in [0, 0.05) is 61.3 Å². The van der Waals surface area contributed by atoms with Crippen molar-refractivity contribution in [2.45, 2.75) is 6.54 Å². The average molecular weight is 391 g/mol. The number of aromatic nitrogens is 1. The molecule has 1 heterocycles. The lowest BCUT2D eigenvalue weighted by atomic mass is 10.0. The van der Waals surface area contributed by atoms with Crippen LogP contribution in [-0.2, 0) is 11.3 Å². The number of pyridine rings is 1. The van der Waals surface area contributed by atoms with Crippen LogP contribution in [-0.4, -0.2) is 35.8 Å². The molecular formula is C22H25N5O2. The first-order valence-electron chi connectivity index (χ1n) is 8.97. The van der Waals surface area contributed by atoms with Gasteiger partial charge in [-0.05, 0) is 35.4 Å². The van der Waals surface area contributed by atoms with Gasteiger partial charge >= 0.3 is 0 Å². The summed E-state index contributed by atoms with van der Waals surface area (Å²) in [5.41, 5.74) is 9.71. The number of amides is 1. The third-order valence-corrected chi connectivity index (χ3v) is 3.90. The Balaban J connectivity index is 2.01. The van der Waals surface area contributed by atoms with E-state index in [0.717, 1.165) is 22.3 Å². The summed E-state index contributed by atoms with van der Waals surface area (Å²) >= 11 is 0. The minimum absolute atomic E-state index is 0.0912. The van der Waals surface area contributed by atoms with Crippen LogP contribution in [0.4, 0.5) is 5.69 Å². The molecule has 0 atom stereocenters. The number of aliphatic hydroxyl groups is 1. The molecule has 1 aromatic heterocycles. The minimum Gasteiger partial charge on any atom is -0.512 e. The molecule has 0 bridgehead atoms. The molecule has 0 saturated carbocycles. The van der Waals surface area contributed by atoms with Gasteiger partial charge in [0.15, 0.2) is 0 Å². The number of allylic oxidation sites excluding steroid dienone is 1. The Labute approximate surface area is 170 Å². The number of carbonyl (C=O) groups excluding carboxylic acids is 1. The van der Waals surface area contributed by atoms with Crippen molar-refractivity contribution in [3.63, 3.8) is 0 Å². The Hall–Kier alpha value is -3.71. The molecule has 2 rings (SSSR count). The fourth-order valence-corrected chi connectivity index (χ4v) is 2.55. The van der Waals surface area contributed by atoms with Crippen LogP contribution < -0.4 is 16.4 Å². The molecule has 150 valence electrons. The number of anilines is 1. The SMILES string of the molecule is C=C(O)CNCc1ccc(NC(=O)/C=C/c2cnccc2C(C=NC)=CN)cc1. The third-order valence-electron chi connectivity index (χ3n) is 3.90. The van der Waals surface area contributed by atoms with E-state index in [-0.39, 0.29) is 11.7 Å². The van der Waals surface area contributed by atoms with Crippen LogP contribution in [0.25, 0.3) is 11.6 Å². The van der Waals surface area contributed by atoms with Gasteiger partial charge in [-0.1, -0.05) is 18.7 Å². The first-order valence-corrected chi connectivity index (χ1v) is 8.97. The van der Waals surface area contributed by atoms with Gasteiger partial charge in [-0.2, -0.15) is 0 Å². The largest absolute Gasteiger partial charge is 0.512 e. The van der Waals surface area contributed by atoms with E-state index in [1.165, 1.54) is 12.3 Å². The van der Waals surface area contributed by atoms with Gasteiger partial charge < -0.3 is 21.5 Å². The van der Waals surface area contributed by atoms with Gasteiger partial charge in [0.2, 0.25) is 5.91 Å². The Kier molecular flexibility index (Phi) is 8.34. The predicted octanol–water partition coefficient (Wildman–Crippen LogP) is 2.90. The molecular weight excluding hydrogens is 366 g/mol. The lowest BCUT2D eigenvalue weighted by Crippen LogP contribution is -2.16. The van der Waals surface area contributed by atoms with Gasteiger partial charge in [-0.15, -0.1) is 0 Å². The topological polar surface area (TPSA) is 113 Å². The van der Waals surface area contributed by atoms with E-state index in [2.05, 4.69) is 27.2 Å². The first kappa shape index (κ1) is 21.6. The second kappa shape index (κ2) is 11.2. The van der Waals surface area contributed by atoms with Crippen LogP contribution in [0.3, 0.4) is 0 Å². The molecule has 7 heteroatoms. The van der Waals surface area contributed by atoms with E-state index >= 15 is 0 Å².